The van der Waals surface area contributed by atoms with E-state index in [2.05, 4.69) is 10.5 Å². The molecule has 3 heteroatoms. The minimum atomic E-state index is -0.602. The molecule has 0 spiro atoms. The normalized spacial score (nSPS) is 11.6. The number of rotatable bonds is 2. The highest BCUT2D eigenvalue weighted by molar-refractivity contribution is 4.17. The SMILES string of the molecule is CCOC(C)O.CN. The van der Waals surface area contributed by atoms with E-state index in [4.69, 9.17) is 5.11 Å². The van der Waals surface area contributed by atoms with Crippen LogP contribution in [-0.2, 0) is 4.74 Å². The van der Waals surface area contributed by atoms with Crippen molar-refractivity contribution in [1.29, 1.82) is 0 Å². The molecule has 0 aromatic carbocycles. The fraction of sp³-hybridized carbons (Fsp3) is 1.00. The van der Waals surface area contributed by atoms with E-state index >= 15 is 0 Å². The Kier molecular flexibility index (Phi) is 13.5. The van der Waals surface area contributed by atoms with E-state index in [-0.39, 0.29) is 0 Å². The third kappa shape index (κ3) is 16.9. The Morgan fingerprint density at radius 3 is 2.00 bits per heavy atom. The van der Waals surface area contributed by atoms with Crippen LogP contribution in [0.25, 0.3) is 0 Å². The van der Waals surface area contributed by atoms with Gasteiger partial charge in [-0.15, -0.1) is 0 Å². The van der Waals surface area contributed by atoms with Crippen LogP contribution in [0, 0.1) is 0 Å². The van der Waals surface area contributed by atoms with Gasteiger partial charge in [0.2, 0.25) is 0 Å². The molecule has 52 valence electrons. The van der Waals surface area contributed by atoms with Crippen LogP contribution >= 0.6 is 0 Å². The average molecular weight is 121 g/mol. The summed E-state index contributed by atoms with van der Waals surface area (Å²) >= 11 is 0. The molecule has 0 aliphatic rings. The van der Waals surface area contributed by atoms with Crippen molar-refractivity contribution in [3.8, 4) is 0 Å². The molecule has 0 saturated heterocycles. The molecule has 0 heterocycles. The summed E-state index contributed by atoms with van der Waals surface area (Å²) in [5.41, 5.74) is 4.50. The van der Waals surface area contributed by atoms with Crippen LogP contribution in [0.4, 0.5) is 0 Å². The van der Waals surface area contributed by atoms with E-state index in [1.54, 1.807) is 6.92 Å². The van der Waals surface area contributed by atoms with Crippen LogP contribution < -0.4 is 5.73 Å². The first-order valence-electron chi connectivity index (χ1n) is 2.64. The summed E-state index contributed by atoms with van der Waals surface area (Å²) in [5, 5.41) is 8.33. The van der Waals surface area contributed by atoms with Crippen LogP contribution in [0.15, 0.2) is 0 Å². The first-order chi connectivity index (χ1) is 3.77. The largest absolute Gasteiger partial charge is 0.368 e. The Labute approximate surface area is 50.5 Å². The molecule has 0 aromatic heterocycles. The van der Waals surface area contributed by atoms with E-state index < -0.39 is 6.29 Å². The Morgan fingerprint density at radius 2 is 2.00 bits per heavy atom. The van der Waals surface area contributed by atoms with Gasteiger partial charge in [-0.2, -0.15) is 0 Å². The molecule has 0 aliphatic carbocycles. The Balaban J connectivity index is 0. The lowest BCUT2D eigenvalue weighted by Gasteiger charge is -1.99. The summed E-state index contributed by atoms with van der Waals surface area (Å²) in [5.74, 6) is 0. The van der Waals surface area contributed by atoms with Gasteiger partial charge in [-0.05, 0) is 20.9 Å². The smallest absolute Gasteiger partial charge is 0.151 e. The van der Waals surface area contributed by atoms with E-state index in [1.807, 2.05) is 6.92 Å². The summed E-state index contributed by atoms with van der Waals surface area (Å²) in [4.78, 5) is 0. The molecule has 0 aliphatic heterocycles. The van der Waals surface area contributed by atoms with Crippen molar-refractivity contribution in [2.24, 2.45) is 5.73 Å². The predicted molar refractivity (Wildman–Crippen MR) is 33.4 cm³/mol. The van der Waals surface area contributed by atoms with Crippen molar-refractivity contribution in [2.45, 2.75) is 20.1 Å². The molecular weight excluding hydrogens is 106 g/mol. The van der Waals surface area contributed by atoms with Gasteiger partial charge < -0.3 is 15.6 Å². The van der Waals surface area contributed by atoms with Crippen molar-refractivity contribution in [3.63, 3.8) is 0 Å². The van der Waals surface area contributed by atoms with E-state index in [0.29, 0.717) is 6.61 Å². The molecule has 3 N–H and O–H groups in total. The Morgan fingerprint density at radius 1 is 1.62 bits per heavy atom. The molecule has 1 unspecified atom stereocenters. The maximum atomic E-state index is 8.33. The minimum absolute atomic E-state index is 0.581. The predicted octanol–water partition coefficient (Wildman–Crippen LogP) is -0.0639. The number of ether oxygens (including phenoxy) is 1. The third-order valence-electron chi connectivity index (χ3n) is 0.408. The highest BCUT2D eigenvalue weighted by Gasteiger charge is 1.85. The van der Waals surface area contributed by atoms with E-state index in [0.717, 1.165) is 0 Å². The van der Waals surface area contributed by atoms with E-state index in [1.165, 1.54) is 7.05 Å². The third-order valence-corrected chi connectivity index (χ3v) is 0.408. The number of hydrogen-bond acceptors (Lipinski definition) is 3. The van der Waals surface area contributed by atoms with Gasteiger partial charge in [0.05, 0.1) is 0 Å². The Bertz CT molecular complexity index is 31.6. The van der Waals surface area contributed by atoms with Crippen LogP contribution in [-0.4, -0.2) is 25.1 Å². The van der Waals surface area contributed by atoms with Crippen LogP contribution in [0.2, 0.25) is 0 Å². The zero-order valence-electron chi connectivity index (χ0n) is 5.72. The molecule has 0 bridgehead atoms. The fourth-order valence-electron chi connectivity index (χ4n) is 0.241. The average Bonchev–Trinajstić information content (AvgIpc) is 1.72. The number of aliphatic hydroxyl groups excluding tert-OH is 1. The molecule has 3 nitrogen and oxygen atoms in total. The second-order valence-corrected chi connectivity index (χ2v) is 1.05. The van der Waals surface area contributed by atoms with Gasteiger partial charge in [-0.1, -0.05) is 0 Å². The first-order valence-corrected chi connectivity index (χ1v) is 2.64. The van der Waals surface area contributed by atoms with Gasteiger partial charge in [-0.3, -0.25) is 0 Å². The molecule has 0 aromatic rings. The zero-order chi connectivity index (χ0) is 6.99. The summed E-state index contributed by atoms with van der Waals surface area (Å²) in [6.07, 6.45) is -0.602. The van der Waals surface area contributed by atoms with Gasteiger partial charge in [0, 0.05) is 6.61 Å². The van der Waals surface area contributed by atoms with Gasteiger partial charge in [0.25, 0.3) is 0 Å². The van der Waals surface area contributed by atoms with Gasteiger partial charge >= 0.3 is 0 Å². The lowest BCUT2D eigenvalue weighted by Crippen LogP contribution is -2.04. The van der Waals surface area contributed by atoms with Gasteiger partial charge in [-0.25, -0.2) is 0 Å². The first kappa shape index (κ1) is 10.8. The lowest BCUT2D eigenvalue weighted by molar-refractivity contribution is -0.0800. The van der Waals surface area contributed by atoms with Crippen LogP contribution in [0.3, 0.4) is 0 Å². The molecule has 0 saturated carbocycles. The fourth-order valence-corrected chi connectivity index (χ4v) is 0.241. The number of aliphatic hydroxyl groups is 1. The van der Waals surface area contributed by atoms with Crippen molar-refractivity contribution in [2.75, 3.05) is 13.7 Å². The lowest BCUT2D eigenvalue weighted by atomic mass is 10.7. The summed E-state index contributed by atoms with van der Waals surface area (Å²) in [6, 6.07) is 0. The quantitative estimate of drug-likeness (QED) is 0.503. The number of hydrogen-bond donors (Lipinski definition) is 2. The molecule has 1 atom stereocenters. The molecule has 0 radical (unpaired) electrons. The topological polar surface area (TPSA) is 55.5 Å². The number of nitrogens with two attached hydrogens (primary N) is 1. The Hall–Kier alpha value is -0.120. The zero-order valence-corrected chi connectivity index (χ0v) is 5.72. The van der Waals surface area contributed by atoms with Crippen molar-refractivity contribution in [3.05, 3.63) is 0 Å². The highest BCUT2D eigenvalue weighted by Crippen LogP contribution is 1.78. The minimum Gasteiger partial charge on any atom is -0.368 e. The molecule has 8 heavy (non-hydrogen) atoms. The van der Waals surface area contributed by atoms with Gasteiger partial charge in [0.1, 0.15) is 0 Å². The van der Waals surface area contributed by atoms with Crippen molar-refractivity contribution < 1.29 is 9.84 Å². The second-order valence-electron chi connectivity index (χ2n) is 1.05. The maximum absolute atomic E-state index is 8.33. The van der Waals surface area contributed by atoms with Gasteiger partial charge in [0.15, 0.2) is 6.29 Å². The van der Waals surface area contributed by atoms with Crippen molar-refractivity contribution >= 4 is 0 Å². The summed E-state index contributed by atoms with van der Waals surface area (Å²) in [7, 11) is 1.50. The van der Waals surface area contributed by atoms with E-state index in [9.17, 15) is 0 Å². The molecular formula is C5H15NO2. The standard InChI is InChI=1S/C4H10O2.CH5N/c1-3-6-4(2)5;1-2/h4-5H,3H2,1-2H3;2H2,1H3. The monoisotopic (exact) mass is 121 g/mol. The van der Waals surface area contributed by atoms with Crippen LogP contribution in [0.1, 0.15) is 13.8 Å². The van der Waals surface area contributed by atoms with Crippen molar-refractivity contribution in [1.82, 2.24) is 0 Å². The maximum Gasteiger partial charge on any atom is 0.151 e. The molecule has 0 fully saturated rings. The second kappa shape index (κ2) is 9.99. The summed E-state index contributed by atoms with van der Waals surface area (Å²) in [6.45, 7) is 4.01. The van der Waals surface area contributed by atoms with Crippen LogP contribution in [0.5, 0.6) is 0 Å². The molecule has 0 rings (SSSR count). The summed E-state index contributed by atoms with van der Waals surface area (Å²) < 4.78 is 4.60. The highest BCUT2D eigenvalue weighted by atomic mass is 16.6. The molecule has 0 amide bonds.